The number of carboxylic acids is 1. The van der Waals surface area contributed by atoms with Crippen LogP contribution in [0.3, 0.4) is 0 Å². The van der Waals surface area contributed by atoms with Crippen molar-refractivity contribution in [2.24, 2.45) is 0 Å². The first-order valence-corrected chi connectivity index (χ1v) is 11.8. The van der Waals surface area contributed by atoms with Crippen molar-refractivity contribution in [3.05, 3.63) is 71.8 Å². The van der Waals surface area contributed by atoms with E-state index in [0.29, 0.717) is 6.61 Å². The lowest BCUT2D eigenvalue weighted by Gasteiger charge is -2.30. The van der Waals surface area contributed by atoms with Gasteiger partial charge in [-0.1, -0.05) is 99.7 Å². The number of aliphatic hydroxyl groups is 2. The molecule has 2 aromatic rings. The lowest BCUT2D eigenvalue weighted by atomic mass is 9.86. The van der Waals surface area contributed by atoms with Crippen molar-refractivity contribution in [2.45, 2.75) is 57.5 Å². The molecule has 0 radical (unpaired) electrons. The Morgan fingerprint density at radius 1 is 0.818 bits per heavy atom. The number of unbranched alkanes of at least 4 members (excludes halogenated alkanes) is 6. The number of carbonyl (C=O) groups excluding carboxylic acids is 1. The highest BCUT2D eigenvalue weighted by molar-refractivity contribution is 5.81. The molecule has 0 fully saturated rings. The van der Waals surface area contributed by atoms with Gasteiger partial charge in [0.2, 0.25) is 0 Å². The molecule has 0 amide bonds. The third-order valence-electron chi connectivity index (χ3n) is 5.75. The summed E-state index contributed by atoms with van der Waals surface area (Å²) in [5.74, 6) is -1.53. The van der Waals surface area contributed by atoms with Crippen molar-refractivity contribution < 1.29 is 41.6 Å². The zero-order chi connectivity index (χ0) is 23.9. The molecular formula is C27H41BrNO4-. The first-order chi connectivity index (χ1) is 15.3. The van der Waals surface area contributed by atoms with Gasteiger partial charge in [0, 0.05) is 0 Å². The maximum atomic E-state index is 11.3. The van der Waals surface area contributed by atoms with Crippen LogP contribution in [0, 0.1) is 0 Å². The minimum Gasteiger partial charge on any atom is -1.00 e. The molecule has 0 aromatic heterocycles. The van der Waals surface area contributed by atoms with E-state index < -0.39 is 11.6 Å². The van der Waals surface area contributed by atoms with Crippen LogP contribution < -0.4 is 22.1 Å². The van der Waals surface area contributed by atoms with Crippen LogP contribution in [0.5, 0.6) is 0 Å². The van der Waals surface area contributed by atoms with E-state index in [1.54, 1.807) is 60.7 Å². The summed E-state index contributed by atoms with van der Waals surface area (Å²) in [6, 6.07) is 16.4. The van der Waals surface area contributed by atoms with E-state index >= 15 is 0 Å². The summed E-state index contributed by atoms with van der Waals surface area (Å²) >= 11 is 0. The summed E-state index contributed by atoms with van der Waals surface area (Å²) < 4.78 is 0.964. The van der Waals surface area contributed by atoms with Crippen LogP contribution in [0.4, 0.5) is 0 Å². The normalized spacial score (nSPS) is 11.2. The van der Waals surface area contributed by atoms with E-state index in [1.165, 1.54) is 51.5 Å². The Kier molecular flexibility index (Phi) is 15.9. The van der Waals surface area contributed by atoms with Gasteiger partial charge in [-0.25, -0.2) is 0 Å². The Balaban J connectivity index is 0.000000609. The monoisotopic (exact) mass is 522 g/mol. The SMILES string of the molecule is CCCCCCCCC[N+](C)(C)CCO.O=C([O-])C(O)(c1ccccc1)c1ccccc1.[Br-]. The average molecular weight is 524 g/mol. The second-order valence-corrected chi connectivity index (χ2v) is 8.96. The maximum Gasteiger partial charge on any atom is 0.154 e. The number of carbonyl (C=O) groups is 1. The molecule has 0 aliphatic carbocycles. The summed E-state index contributed by atoms with van der Waals surface area (Å²) in [4.78, 5) is 11.3. The molecule has 2 rings (SSSR count). The number of benzene rings is 2. The van der Waals surface area contributed by atoms with Gasteiger partial charge in [-0.15, -0.1) is 0 Å². The highest BCUT2D eigenvalue weighted by atomic mass is 79.9. The predicted molar refractivity (Wildman–Crippen MR) is 128 cm³/mol. The zero-order valence-corrected chi connectivity index (χ0v) is 22.0. The van der Waals surface area contributed by atoms with Gasteiger partial charge >= 0.3 is 0 Å². The maximum absolute atomic E-state index is 11.3. The summed E-state index contributed by atoms with van der Waals surface area (Å²) in [5.41, 5.74) is -1.54. The quantitative estimate of drug-likeness (QED) is 0.296. The summed E-state index contributed by atoms with van der Waals surface area (Å²) in [6.07, 6.45) is 9.59. The third kappa shape index (κ3) is 11.3. The predicted octanol–water partition coefficient (Wildman–Crippen LogP) is 0.482. The highest BCUT2D eigenvalue weighted by Crippen LogP contribution is 2.28. The number of halogens is 1. The largest absolute Gasteiger partial charge is 1.00 e. The number of carboxylic acid groups (broad SMARTS) is 1. The van der Waals surface area contributed by atoms with Crippen LogP contribution in [0.25, 0.3) is 0 Å². The average Bonchev–Trinajstić information content (AvgIpc) is 2.79. The van der Waals surface area contributed by atoms with Crippen molar-refractivity contribution in [3.8, 4) is 0 Å². The van der Waals surface area contributed by atoms with Crippen LogP contribution in [0.2, 0.25) is 0 Å². The minimum atomic E-state index is -2.11. The molecule has 0 saturated heterocycles. The number of aliphatic carboxylic acids is 1. The van der Waals surface area contributed by atoms with Crippen molar-refractivity contribution in [1.82, 2.24) is 0 Å². The Labute approximate surface area is 210 Å². The van der Waals surface area contributed by atoms with Gasteiger partial charge in [-0.05, 0) is 24.0 Å². The molecular weight excluding hydrogens is 482 g/mol. The Hall–Kier alpha value is -1.73. The lowest BCUT2D eigenvalue weighted by Crippen LogP contribution is -3.00. The van der Waals surface area contributed by atoms with Crippen LogP contribution in [0.1, 0.15) is 63.0 Å². The molecule has 0 spiro atoms. The number of aliphatic hydroxyl groups excluding tert-OH is 1. The second-order valence-electron chi connectivity index (χ2n) is 8.96. The molecule has 2 aromatic carbocycles. The molecule has 5 nitrogen and oxygen atoms in total. The fraction of sp³-hybridized carbons (Fsp3) is 0.519. The van der Waals surface area contributed by atoms with Crippen LogP contribution in [-0.4, -0.2) is 54.5 Å². The van der Waals surface area contributed by atoms with E-state index in [2.05, 4.69) is 21.0 Å². The summed E-state index contributed by atoms with van der Waals surface area (Å²) in [7, 11) is 4.40. The van der Waals surface area contributed by atoms with Crippen molar-refractivity contribution in [2.75, 3.05) is 33.8 Å². The lowest BCUT2D eigenvalue weighted by molar-refractivity contribution is -0.890. The molecule has 33 heavy (non-hydrogen) atoms. The topological polar surface area (TPSA) is 80.6 Å². The number of hydrogen-bond acceptors (Lipinski definition) is 4. The van der Waals surface area contributed by atoms with Crippen LogP contribution in [-0.2, 0) is 10.4 Å². The van der Waals surface area contributed by atoms with Crippen molar-refractivity contribution in [1.29, 1.82) is 0 Å². The van der Waals surface area contributed by atoms with Crippen molar-refractivity contribution in [3.63, 3.8) is 0 Å². The molecule has 0 saturated carbocycles. The van der Waals surface area contributed by atoms with E-state index in [4.69, 9.17) is 5.11 Å². The van der Waals surface area contributed by atoms with Gasteiger partial charge in [-0.3, -0.25) is 0 Å². The van der Waals surface area contributed by atoms with Crippen LogP contribution in [0.15, 0.2) is 60.7 Å². The Bertz CT molecular complexity index is 714. The molecule has 0 unspecified atom stereocenters. The van der Waals surface area contributed by atoms with Gasteiger partial charge in [0.15, 0.2) is 5.60 Å². The van der Waals surface area contributed by atoms with E-state index in [-0.39, 0.29) is 28.1 Å². The smallest absolute Gasteiger partial charge is 0.154 e. The first-order valence-electron chi connectivity index (χ1n) is 11.8. The first kappa shape index (κ1) is 31.3. The Morgan fingerprint density at radius 2 is 1.24 bits per heavy atom. The van der Waals surface area contributed by atoms with E-state index in [0.717, 1.165) is 11.0 Å². The molecule has 0 aliphatic rings. The Morgan fingerprint density at radius 3 is 1.64 bits per heavy atom. The number of nitrogens with zero attached hydrogens (tertiary/aromatic N) is 1. The molecule has 6 heteroatoms. The second kappa shape index (κ2) is 16.8. The van der Waals surface area contributed by atoms with E-state index in [1.807, 2.05) is 0 Å². The number of rotatable bonds is 13. The number of hydrogen-bond donors (Lipinski definition) is 2. The molecule has 0 bridgehead atoms. The third-order valence-corrected chi connectivity index (χ3v) is 5.75. The highest BCUT2D eigenvalue weighted by Gasteiger charge is 2.32. The van der Waals surface area contributed by atoms with Crippen LogP contribution >= 0.6 is 0 Å². The van der Waals surface area contributed by atoms with Gasteiger partial charge in [0.1, 0.15) is 6.54 Å². The van der Waals surface area contributed by atoms with Gasteiger partial charge in [0.25, 0.3) is 0 Å². The molecule has 0 aliphatic heterocycles. The molecule has 186 valence electrons. The molecule has 0 atom stereocenters. The van der Waals surface area contributed by atoms with E-state index in [9.17, 15) is 15.0 Å². The number of likely N-dealkylation sites (N-methyl/N-ethyl adjacent to an activating group) is 1. The standard InChI is InChI=1S/C14H12O3.C13H30NO.BrH/c15-13(16)14(17,11-7-3-1-4-8-11)12-9-5-2-6-10-12;1-4-5-6-7-8-9-10-11-14(2,3)12-13-15;/h1-10,17H,(H,15,16);15H,4-13H2,1-3H3;1H/q;+1;/p-2. The molecule has 2 N–H and O–H groups in total. The van der Waals surface area contributed by atoms with Gasteiger partial charge in [-0.2, -0.15) is 0 Å². The fourth-order valence-corrected chi connectivity index (χ4v) is 3.64. The van der Waals surface area contributed by atoms with Gasteiger partial charge < -0.3 is 41.6 Å². The minimum absolute atomic E-state index is 0. The fourth-order valence-electron chi connectivity index (χ4n) is 3.64. The number of quaternary nitrogens is 1. The van der Waals surface area contributed by atoms with Gasteiger partial charge in [0.05, 0.1) is 33.2 Å². The zero-order valence-electron chi connectivity index (χ0n) is 20.4. The summed E-state index contributed by atoms with van der Waals surface area (Å²) in [6.45, 7) is 4.66. The molecule has 0 heterocycles. The van der Waals surface area contributed by atoms with Crippen molar-refractivity contribution >= 4 is 5.97 Å². The summed E-state index contributed by atoms with van der Waals surface area (Å²) in [5, 5.41) is 30.5.